The highest BCUT2D eigenvalue weighted by molar-refractivity contribution is 5.93. The standard InChI is InChI=1S/C20H26N6O2/c21-20(28)25-11-4-5-15(13-25)19(27)22-16-9-7-14(8-10-16)18-24-23-17-6-2-1-3-12-26(17)18/h7-10,15H,1-6,11-13H2,(H2,21,28)(H,22,27)/t15-/m0/s1. The quantitative estimate of drug-likeness (QED) is 0.850. The van der Waals surface area contributed by atoms with Crippen molar-refractivity contribution in [1.82, 2.24) is 19.7 Å². The lowest BCUT2D eigenvalue weighted by atomic mass is 9.97. The summed E-state index contributed by atoms with van der Waals surface area (Å²) >= 11 is 0. The second-order valence-electron chi connectivity index (χ2n) is 7.59. The zero-order valence-corrected chi connectivity index (χ0v) is 15.9. The second-order valence-corrected chi connectivity index (χ2v) is 7.59. The Morgan fingerprint density at radius 3 is 2.64 bits per heavy atom. The molecule has 2 aromatic rings. The van der Waals surface area contributed by atoms with Gasteiger partial charge in [-0.2, -0.15) is 0 Å². The minimum Gasteiger partial charge on any atom is -0.351 e. The first-order valence-corrected chi connectivity index (χ1v) is 9.99. The summed E-state index contributed by atoms with van der Waals surface area (Å²) in [6, 6.07) is 7.25. The van der Waals surface area contributed by atoms with Gasteiger partial charge in [0.05, 0.1) is 5.92 Å². The lowest BCUT2D eigenvalue weighted by Gasteiger charge is -2.30. The van der Waals surface area contributed by atoms with Gasteiger partial charge < -0.3 is 20.5 Å². The number of aromatic nitrogens is 3. The predicted molar refractivity (Wildman–Crippen MR) is 106 cm³/mol. The topological polar surface area (TPSA) is 106 Å². The van der Waals surface area contributed by atoms with Crippen molar-refractivity contribution in [3.8, 4) is 11.4 Å². The zero-order chi connectivity index (χ0) is 19.5. The molecule has 4 rings (SSSR count). The highest BCUT2D eigenvalue weighted by Gasteiger charge is 2.27. The Kier molecular flexibility index (Phi) is 5.27. The number of piperidine rings is 1. The van der Waals surface area contributed by atoms with E-state index in [-0.39, 0.29) is 11.8 Å². The summed E-state index contributed by atoms with van der Waals surface area (Å²) in [5.41, 5.74) is 7.08. The van der Waals surface area contributed by atoms with Crippen LogP contribution in [-0.4, -0.2) is 44.7 Å². The van der Waals surface area contributed by atoms with Gasteiger partial charge in [-0.3, -0.25) is 4.79 Å². The zero-order valence-electron chi connectivity index (χ0n) is 15.9. The molecule has 1 fully saturated rings. The number of aryl methyl sites for hydroxylation is 1. The van der Waals surface area contributed by atoms with Crippen LogP contribution in [0.3, 0.4) is 0 Å². The van der Waals surface area contributed by atoms with Gasteiger partial charge in [0, 0.05) is 37.3 Å². The van der Waals surface area contributed by atoms with E-state index in [1.54, 1.807) is 0 Å². The van der Waals surface area contributed by atoms with Crippen LogP contribution >= 0.6 is 0 Å². The van der Waals surface area contributed by atoms with Crippen LogP contribution in [0.15, 0.2) is 24.3 Å². The summed E-state index contributed by atoms with van der Waals surface area (Å²) in [6.45, 7) is 1.95. The lowest BCUT2D eigenvalue weighted by Crippen LogP contribution is -2.46. The molecule has 0 spiro atoms. The fourth-order valence-electron chi connectivity index (χ4n) is 4.04. The predicted octanol–water partition coefficient (Wildman–Crippen LogP) is 2.40. The molecule has 8 heteroatoms. The molecule has 2 aliphatic rings. The summed E-state index contributed by atoms with van der Waals surface area (Å²) < 4.78 is 2.21. The molecule has 1 aromatic carbocycles. The van der Waals surface area contributed by atoms with Crippen molar-refractivity contribution in [2.45, 2.75) is 45.1 Å². The molecule has 0 saturated carbocycles. The first kappa shape index (κ1) is 18.5. The number of nitrogens with zero attached hydrogens (tertiary/aromatic N) is 4. The van der Waals surface area contributed by atoms with Gasteiger partial charge in [0.25, 0.3) is 0 Å². The molecular weight excluding hydrogens is 356 g/mol. The number of carbonyl (C=O) groups excluding carboxylic acids is 2. The number of anilines is 1. The fourth-order valence-corrected chi connectivity index (χ4v) is 4.04. The first-order valence-electron chi connectivity index (χ1n) is 9.99. The molecule has 8 nitrogen and oxygen atoms in total. The molecule has 1 saturated heterocycles. The van der Waals surface area contributed by atoms with Crippen LogP contribution in [-0.2, 0) is 17.8 Å². The minimum atomic E-state index is -0.464. The van der Waals surface area contributed by atoms with Crippen LogP contribution in [0.2, 0.25) is 0 Å². The third-order valence-corrected chi connectivity index (χ3v) is 5.62. The van der Waals surface area contributed by atoms with Gasteiger partial charge in [0.2, 0.25) is 5.91 Å². The minimum absolute atomic E-state index is 0.0740. The smallest absolute Gasteiger partial charge is 0.314 e. The van der Waals surface area contributed by atoms with Crippen LogP contribution in [0.4, 0.5) is 10.5 Å². The summed E-state index contributed by atoms with van der Waals surface area (Å²) in [6.07, 6.45) is 6.07. The highest BCUT2D eigenvalue weighted by Crippen LogP contribution is 2.25. The third kappa shape index (κ3) is 3.85. The van der Waals surface area contributed by atoms with E-state index >= 15 is 0 Å². The highest BCUT2D eigenvalue weighted by atomic mass is 16.2. The number of hydrogen-bond donors (Lipinski definition) is 2. The van der Waals surface area contributed by atoms with E-state index in [2.05, 4.69) is 20.1 Å². The van der Waals surface area contributed by atoms with Crippen LogP contribution in [0.1, 0.15) is 37.9 Å². The normalized spacial score (nSPS) is 19.6. The molecule has 3 N–H and O–H groups in total. The number of amides is 3. The molecule has 1 aromatic heterocycles. The van der Waals surface area contributed by atoms with Gasteiger partial charge in [0.15, 0.2) is 5.82 Å². The van der Waals surface area contributed by atoms with Gasteiger partial charge in [-0.1, -0.05) is 6.42 Å². The maximum Gasteiger partial charge on any atom is 0.314 e. The molecule has 3 amide bonds. The Morgan fingerprint density at radius 1 is 1.04 bits per heavy atom. The van der Waals surface area contributed by atoms with Gasteiger partial charge >= 0.3 is 6.03 Å². The lowest BCUT2D eigenvalue weighted by molar-refractivity contribution is -0.121. The van der Waals surface area contributed by atoms with Gasteiger partial charge in [-0.05, 0) is 49.9 Å². The molecule has 0 radical (unpaired) electrons. The third-order valence-electron chi connectivity index (χ3n) is 5.62. The number of rotatable bonds is 3. The molecule has 0 aliphatic carbocycles. The number of likely N-dealkylation sites (tertiary alicyclic amines) is 1. The molecule has 2 aliphatic heterocycles. The number of nitrogens with two attached hydrogens (primary N) is 1. The fraction of sp³-hybridized carbons (Fsp3) is 0.500. The maximum absolute atomic E-state index is 12.6. The van der Waals surface area contributed by atoms with Crippen molar-refractivity contribution in [3.63, 3.8) is 0 Å². The second kappa shape index (κ2) is 8.00. The summed E-state index contributed by atoms with van der Waals surface area (Å²) in [7, 11) is 0. The van der Waals surface area contributed by atoms with Crippen LogP contribution in [0.5, 0.6) is 0 Å². The van der Waals surface area contributed by atoms with Crippen molar-refractivity contribution in [2.75, 3.05) is 18.4 Å². The van der Waals surface area contributed by atoms with Gasteiger partial charge in [0.1, 0.15) is 5.82 Å². The number of hydrogen-bond acceptors (Lipinski definition) is 4. The number of urea groups is 1. The van der Waals surface area contributed by atoms with E-state index in [0.29, 0.717) is 13.1 Å². The molecule has 148 valence electrons. The summed E-state index contributed by atoms with van der Waals surface area (Å²) in [5, 5.41) is 11.7. The average Bonchev–Trinajstić information content (AvgIpc) is 2.96. The number of carbonyl (C=O) groups is 2. The van der Waals surface area contributed by atoms with Crippen molar-refractivity contribution in [1.29, 1.82) is 0 Å². The van der Waals surface area contributed by atoms with E-state index in [0.717, 1.165) is 61.5 Å². The van der Waals surface area contributed by atoms with Crippen LogP contribution in [0.25, 0.3) is 11.4 Å². The number of fused-ring (bicyclic) bond motifs is 1. The molecular formula is C20H26N6O2. The van der Waals surface area contributed by atoms with Gasteiger partial charge in [-0.25, -0.2) is 4.79 Å². The largest absolute Gasteiger partial charge is 0.351 e. The molecule has 3 heterocycles. The van der Waals surface area contributed by atoms with E-state index in [9.17, 15) is 9.59 Å². The average molecular weight is 382 g/mol. The van der Waals surface area contributed by atoms with Crippen molar-refractivity contribution < 1.29 is 9.59 Å². The maximum atomic E-state index is 12.6. The van der Waals surface area contributed by atoms with Gasteiger partial charge in [-0.15, -0.1) is 10.2 Å². The van der Waals surface area contributed by atoms with E-state index in [4.69, 9.17) is 5.73 Å². The van der Waals surface area contributed by atoms with E-state index in [1.165, 1.54) is 11.3 Å². The molecule has 1 atom stereocenters. The monoisotopic (exact) mass is 382 g/mol. The molecule has 28 heavy (non-hydrogen) atoms. The Morgan fingerprint density at radius 2 is 1.86 bits per heavy atom. The number of nitrogens with one attached hydrogen (secondary N) is 1. The summed E-state index contributed by atoms with van der Waals surface area (Å²) in [4.78, 5) is 25.5. The first-order chi connectivity index (χ1) is 13.6. The molecule has 0 bridgehead atoms. The van der Waals surface area contributed by atoms with Crippen LogP contribution in [0, 0.1) is 5.92 Å². The Hall–Kier alpha value is -2.90. The Balaban J connectivity index is 1.43. The Labute approximate surface area is 164 Å². The van der Waals surface area contributed by atoms with Crippen LogP contribution < -0.4 is 11.1 Å². The van der Waals surface area contributed by atoms with E-state index < -0.39 is 6.03 Å². The number of primary amides is 1. The van der Waals surface area contributed by atoms with Crippen molar-refractivity contribution in [3.05, 3.63) is 30.1 Å². The van der Waals surface area contributed by atoms with Crippen molar-refractivity contribution >= 4 is 17.6 Å². The molecule has 0 unspecified atom stereocenters. The SMILES string of the molecule is NC(=O)N1CCC[C@H](C(=O)Nc2ccc(-c3nnc4n3CCCCC4)cc2)C1. The number of benzene rings is 1. The summed E-state index contributed by atoms with van der Waals surface area (Å²) in [5.74, 6) is 1.64. The Bertz CT molecular complexity index is 860. The van der Waals surface area contributed by atoms with Crippen molar-refractivity contribution in [2.24, 2.45) is 11.7 Å². The van der Waals surface area contributed by atoms with E-state index in [1.807, 2.05) is 24.3 Å².